The summed E-state index contributed by atoms with van der Waals surface area (Å²) < 4.78 is 21.4. The third-order valence-corrected chi connectivity index (χ3v) is 5.96. The number of fused-ring (bicyclic) bond motifs is 1. The number of imidazole rings is 1. The lowest BCUT2D eigenvalue weighted by atomic mass is 10.0. The fourth-order valence-corrected chi connectivity index (χ4v) is 4.28. The Morgan fingerprint density at radius 3 is 2.50 bits per heavy atom. The second-order valence-electron chi connectivity index (χ2n) is 9.14. The molecule has 0 bridgehead atoms. The number of rotatable bonds is 3. The Kier molecular flexibility index (Phi) is 5.91. The molecule has 0 saturated carbocycles. The lowest BCUT2D eigenvalue weighted by Crippen LogP contribution is -2.19. The standard InChI is InChI=1S/C28H26FN3O2/c1-28(2,33)12-9-19-15-22-16-21(5-8-25(22)30-17-19)27-26(20-3-6-23(29)7-4-20)31-18-32(27)24-10-13-34-14-11-24/h3-8,15-18,24,33H,10-11,13-14H2,1-2H3. The predicted octanol–water partition coefficient (Wildman–Crippen LogP) is 5.38. The van der Waals surface area contributed by atoms with E-state index in [0.717, 1.165) is 65.0 Å². The van der Waals surface area contributed by atoms with E-state index in [1.807, 2.05) is 18.5 Å². The highest BCUT2D eigenvalue weighted by Gasteiger charge is 2.23. The highest BCUT2D eigenvalue weighted by molar-refractivity contribution is 5.88. The van der Waals surface area contributed by atoms with Crippen LogP contribution in [0.5, 0.6) is 0 Å². The van der Waals surface area contributed by atoms with Crippen LogP contribution in [0, 0.1) is 17.7 Å². The molecular weight excluding hydrogens is 429 g/mol. The Morgan fingerprint density at radius 2 is 1.76 bits per heavy atom. The van der Waals surface area contributed by atoms with E-state index in [2.05, 4.69) is 33.5 Å². The first-order valence-electron chi connectivity index (χ1n) is 11.4. The average Bonchev–Trinajstić information content (AvgIpc) is 3.28. The summed E-state index contributed by atoms with van der Waals surface area (Å²) in [4.78, 5) is 9.30. The third-order valence-electron chi connectivity index (χ3n) is 5.96. The van der Waals surface area contributed by atoms with Crippen molar-refractivity contribution in [1.82, 2.24) is 14.5 Å². The largest absolute Gasteiger partial charge is 0.381 e. The van der Waals surface area contributed by atoms with Gasteiger partial charge in [0.15, 0.2) is 0 Å². The highest BCUT2D eigenvalue weighted by atomic mass is 19.1. The molecule has 1 N–H and O–H groups in total. The van der Waals surface area contributed by atoms with E-state index < -0.39 is 5.60 Å². The van der Waals surface area contributed by atoms with Crippen molar-refractivity contribution in [2.75, 3.05) is 13.2 Å². The first kappa shape index (κ1) is 22.3. The molecule has 172 valence electrons. The maximum atomic E-state index is 13.6. The number of halogens is 1. The lowest BCUT2D eigenvalue weighted by molar-refractivity contribution is 0.0699. The molecular formula is C28H26FN3O2. The van der Waals surface area contributed by atoms with Crippen molar-refractivity contribution in [3.8, 4) is 34.4 Å². The molecule has 5 nitrogen and oxygen atoms in total. The Balaban J connectivity index is 1.64. The van der Waals surface area contributed by atoms with Crippen molar-refractivity contribution in [3.05, 3.63) is 72.4 Å². The summed E-state index contributed by atoms with van der Waals surface area (Å²) in [5.74, 6) is 5.58. The number of aromatic nitrogens is 3. The Morgan fingerprint density at radius 1 is 1.03 bits per heavy atom. The van der Waals surface area contributed by atoms with Crippen LogP contribution in [0.15, 0.2) is 61.1 Å². The fourth-order valence-electron chi connectivity index (χ4n) is 4.28. The summed E-state index contributed by atoms with van der Waals surface area (Å²) in [6.07, 6.45) is 5.44. The molecule has 1 saturated heterocycles. The van der Waals surface area contributed by atoms with Gasteiger partial charge in [-0.1, -0.05) is 17.9 Å². The third kappa shape index (κ3) is 4.72. The number of ether oxygens (including phenoxy) is 1. The number of pyridine rings is 1. The van der Waals surface area contributed by atoms with Gasteiger partial charge in [0.25, 0.3) is 0 Å². The van der Waals surface area contributed by atoms with Crippen LogP contribution in [0.25, 0.3) is 33.4 Å². The maximum absolute atomic E-state index is 13.6. The molecule has 3 heterocycles. The molecule has 5 rings (SSSR count). The summed E-state index contributed by atoms with van der Waals surface area (Å²) in [6, 6.07) is 14.9. The number of aliphatic hydroxyl groups is 1. The second-order valence-corrected chi connectivity index (χ2v) is 9.14. The zero-order valence-corrected chi connectivity index (χ0v) is 19.3. The fraction of sp³-hybridized carbons (Fsp3) is 0.286. The number of hydrogen-bond donors (Lipinski definition) is 1. The van der Waals surface area contributed by atoms with Gasteiger partial charge in [0.2, 0.25) is 0 Å². The van der Waals surface area contributed by atoms with E-state index in [1.54, 1.807) is 32.2 Å². The molecule has 0 aliphatic carbocycles. The van der Waals surface area contributed by atoms with Gasteiger partial charge in [-0.25, -0.2) is 9.37 Å². The van der Waals surface area contributed by atoms with E-state index in [1.165, 1.54) is 12.1 Å². The van der Waals surface area contributed by atoms with E-state index in [0.29, 0.717) is 0 Å². The quantitative estimate of drug-likeness (QED) is 0.422. The van der Waals surface area contributed by atoms with E-state index >= 15 is 0 Å². The van der Waals surface area contributed by atoms with Gasteiger partial charge in [-0.05, 0) is 69.2 Å². The van der Waals surface area contributed by atoms with Crippen molar-refractivity contribution in [1.29, 1.82) is 0 Å². The molecule has 0 atom stereocenters. The molecule has 0 spiro atoms. The van der Waals surface area contributed by atoms with Gasteiger partial charge < -0.3 is 14.4 Å². The number of benzene rings is 2. The molecule has 2 aromatic heterocycles. The maximum Gasteiger partial charge on any atom is 0.123 e. The van der Waals surface area contributed by atoms with Crippen molar-refractivity contribution in [2.24, 2.45) is 0 Å². The summed E-state index contributed by atoms with van der Waals surface area (Å²) >= 11 is 0. The summed E-state index contributed by atoms with van der Waals surface area (Å²) in [6.45, 7) is 4.75. The minimum Gasteiger partial charge on any atom is -0.381 e. The van der Waals surface area contributed by atoms with Gasteiger partial charge in [0.1, 0.15) is 11.4 Å². The highest BCUT2D eigenvalue weighted by Crippen LogP contribution is 2.36. The zero-order valence-electron chi connectivity index (χ0n) is 19.3. The van der Waals surface area contributed by atoms with Gasteiger partial charge in [-0.3, -0.25) is 4.98 Å². The molecule has 4 aromatic rings. The smallest absolute Gasteiger partial charge is 0.123 e. The van der Waals surface area contributed by atoms with Crippen molar-refractivity contribution in [2.45, 2.75) is 38.3 Å². The van der Waals surface area contributed by atoms with Gasteiger partial charge in [0.05, 0.1) is 23.2 Å². The normalized spacial score (nSPS) is 14.7. The van der Waals surface area contributed by atoms with Gasteiger partial charge in [0, 0.05) is 47.5 Å². The first-order chi connectivity index (χ1) is 16.4. The van der Waals surface area contributed by atoms with Crippen LogP contribution in [-0.4, -0.2) is 38.5 Å². The molecule has 1 fully saturated rings. The minimum atomic E-state index is -1.07. The SMILES string of the molecule is CC(C)(O)C#Cc1cnc2ccc(-c3c(-c4ccc(F)cc4)ncn3C3CCOCC3)cc2c1. The Bertz CT molecular complexity index is 1390. The predicted molar refractivity (Wildman–Crippen MR) is 131 cm³/mol. The van der Waals surface area contributed by atoms with Gasteiger partial charge in [-0.2, -0.15) is 0 Å². The molecule has 0 amide bonds. The zero-order chi connectivity index (χ0) is 23.7. The molecule has 1 aliphatic heterocycles. The van der Waals surface area contributed by atoms with Crippen LogP contribution in [0.1, 0.15) is 38.3 Å². The van der Waals surface area contributed by atoms with Crippen LogP contribution >= 0.6 is 0 Å². The second kappa shape index (κ2) is 9.02. The van der Waals surface area contributed by atoms with Crippen LogP contribution in [0.4, 0.5) is 4.39 Å². The molecule has 34 heavy (non-hydrogen) atoms. The van der Waals surface area contributed by atoms with E-state index in [4.69, 9.17) is 9.72 Å². The molecule has 0 radical (unpaired) electrons. The van der Waals surface area contributed by atoms with Gasteiger partial charge >= 0.3 is 0 Å². The Labute approximate surface area is 198 Å². The van der Waals surface area contributed by atoms with Crippen LogP contribution < -0.4 is 0 Å². The van der Waals surface area contributed by atoms with Crippen molar-refractivity contribution in [3.63, 3.8) is 0 Å². The van der Waals surface area contributed by atoms with Crippen LogP contribution in [0.2, 0.25) is 0 Å². The van der Waals surface area contributed by atoms with Gasteiger partial charge in [-0.15, -0.1) is 0 Å². The van der Waals surface area contributed by atoms with E-state index in [9.17, 15) is 9.50 Å². The number of nitrogens with zero attached hydrogens (tertiary/aromatic N) is 3. The first-order valence-corrected chi connectivity index (χ1v) is 11.4. The summed E-state index contributed by atoms with van der Waals surface area (Å²) in [5, 5.41) is 10.9. The minimum absolute atomic E-state index is 0.273. The molecule has 6 heteroatoms. The summed E-state index contributed by atoms with van der Waals surface area (Å²) in [7, 11) is 0. The molecule has 0 unspecified atom stereocenters. The Hall–Kier alpha value is -3.53. The monoisotopic (exact) mass is 455 g/mol. The van der Waals surface area contributed by atoms with Crippen molar-refractivity contribution < 1.29 is 14.2 Å². The van der Waals surface area contributed by atoms with E-state index in [-0.39, 0.29) is 11.9 Å². The molecule has 1 aliphatic rings. The van der Waals surface area contributed by atoms with Crippen molar-refractivity contribution >= 4 is 10.9 Å². The summed E-state index contributed by atoms with van der Waals surface area (Å²) in [5.41, 5.74) is 4.21. The lowest BCUT2D eigenvalue weighted by Gasteiger charge is -2.25. The number of hydrogen-bond acceptors (Lipinski definition) is 4. The molecule has 2 aromatic carbocycles. The van der Waals surface area contributed by atoms with Crippen LogP contribution in [-0.2, 0) is 4.74 Å². The topological polar surface area (TPSA) is 60.2 Å². The average molecular weight is 456 g/mol. The van der Waals surface area contributed by atoms with Crippen LogP contribution in [0.3, 0.4) is 0 Å².